The second-order valence-corrected chi connectivity index (χ2v) is 4.81. The Kier molecular flexibility index (Phi) is 6.21. The fourth-order valence-electron chi connectivity index (χ4n) is 1.85. The van der Waals surface area contributed by atoms with E-state index in [1.54, 1.807) is 12.4 Å². The highest BCUT2D eigenvalue weighted by Gasteiger charge is 2.18. The molecule has 0 fully saturated rings. The van der Waals surface area contributed by atoms with Gasteiger partial charge in [-0.3, -0.25) is 9.78 Å². The molecule has 0 saturated heterocycles. The predicted octanol–water partition coefficient (Wildman–Crippen LogP) is 1.32. The Morgan fingerprint density at radius 2 is 2.11 bits per heavy atom. The molecule has 6 nitrogen and oxygen atoms in total. The van der Waals surface area contributed by atoms with Crippen molar-refractivity contribution >= 4 is 5.97 Å². The third-order valence-electron chi connectivity index (χ3n) is 2.72. The molecule has 106 valence electrons. The number of rotatable bonds is 8. The smallest absolute Gasteiger partial charge is 0.307 e. The topological polar surface area (TPSA) is 84.3 Å². The second kappa shape index (κ2) is 7.68. The Morgan fingerprint density at radius 3 is 2.68 bits per heavy atom. The van der Waals surface area contributed by atoms with Gasteiger partial charge in [0.05, 0.1) is 13.0 Å². The van der Waals surface area contributed by atoms with E-state index in [4.69, 9.17) is 9.84 Å². The maximum absolute atomic E-state index is 11.1. The van der Waals surface area contributed by atoms with Crippen molar-refractivity contribution in [1.29, 1.82) is 0 Å². The van der Waals surface area contributed by atoms with Crippen LogP contribution in [-0.4, -0.2) is 34.7 Å². The minimum absolute atomic E-state index is 0.356. The molecule has 0 aliphatic rings. The van der Waals surface area contributed by atoms with Crippen molar-refractivity contribution in [2.45, 2.75) is 26.8 Å². The molecule has 1 aromatic rings. The number of nitrogens with one attached hydrogen (secondary N) is 1. The SMILES string of the molecule is COc1nccnc1CNCC(CC(C)C)C(=O)O. The van der Waals surface area contributed by atoms with Gasteiger partial charge < -0.3 is 15.2 Å². The summed E-state index contributed by atoms with van der Waals surface area (Å²) >= 11 is 0. The zero-order valence-electron chi connectivity index (χ0n) is 11.6. The van der Waals surface area contributed by atoms with E-state index in [0.717, 1.165) is 0 Å². The highest BCUT2D eigenvalue weighted by atomic mass is 16.5. The van der Waals surface area contributed by atoms with Crippen LogP contribution in [0.5, 0.6) is 5.88 Å². The Balaban J connectivity index is 2.49. The molecule has 1 unspecified atom stereocenters. The molecule has 0 aromatic carbocycles. The van der Waals surface area contributed by atoms with Gasteiger partial charge in [-0.25, -0.2) is 4.98 Å². The van der Waals surface area contributed by atoms with Crippen LogP contribution >= 0.6 is 0 Å². The molecule has 0 radical (unpaired) electrons. The summed E-state index contributed by atoms with van der Waals surface area (Å²) in [5.74, 6) is -0.338. The minimum Gasteiger partial charge on any atom is -0.481 e. The summed E-state index contributed by atoms with van der Waals surface area (Å²) in [7, 11) is 1.53. The molecule has 0 bridgehead atoms. The van der Waals surface area contributed by atoms with E-state index < -0.39 is 5.97 Å². The lowest BCUT2D eigenvalue weighted by Crippen LogP contribution is -2.29. The van der Waals surface area contributed by atoms with E-state index in [1.165, 1.54) is 7.11 Å². The molecule has 0 aliphatic carbocycles. The number of carbonyl (C=O) groups is 1. The molecular formula is C13H21N3O3. The monoisotopic (exact) mass is 267 g/mol. The third-order valence-corrected chi connectivity index (χ3v) is 2.72. The first-order valence-electron chi connectivity index (χ1n) is 6.32. The van der Waals surface area contributed by atoms with Gasteiger partial charge in [-0.15, -0.1) is 0 Å². The lowest BCUT2D eigenvalue weighted by atomic mass is 9.97. The number of nitrogens with zero attached hydrogens (tertiary/aromatic N) is 2. The van der Waals surface area contributed by atoms with Crippen molar-refractivity contribution in [3.8, 4) is 5.88 Å². The number of ether oxygens (including phenoxy) is 1. The number of aromatic nitrogens is 2. The van der Waals surface area contributed by atoms with Crippen molar-refractivity contribution in [1.82, 2.24) is 15.3 Å². The Morgan fingerprint density at radius 1 is 1.42 bits per heavy atom. The molecular weight excluding hydrogens is 246 g/mol. The van der Waals surface area contributed by atoms with Gasteiger partial charge in [-0.2, -0.15) is 0 Å². The van der Waals surface area contributed by atoms with E-state index in [0.29, 0.717) is 37.0 Å². The Hall–Kier alpha value is -1.69. The molecule has 1 atom stereocenters. The van der Waals surface area contributed by atoms with Crippen molar-refractivity contribution in [2.75, 3.05) is 13.7 Å². The third kappa shape index (κ3) is 5.21. The van der Waals surface area contributed by atoms with Crippen LogP contribution in [0.1, 0.15) is 26.0 Å². The molecule has 1 aromatic heterocycles. The average Bonchev–Trinajstić information content (AvgIpc) is 2.37. The van der Waals surface area contributed by atoms with Crippen LogP contribution in [0.3, 0.4) is 0 Å². The van der Waals surface area contributed by atoms with Gasteiger partial charge in [0.1, 0.15) is 5.69 Å². The standard InChI is InChI=1S/C13H21N3O3/c1-9(2)6-10(13(17)18)7-14-8-11-12(19-3)16-5-4-15-11/h4-5,9-10,14H,6-8H2,1-3H3,(H,17,18). The summed E-state index contributed by atoms with van der Waals surface area (Å²) in [5.41, 5.74) is 0.679. The Bertz CT molecular complexity index is 410. The highest BCUT2D eigenvalue weighted by molar-refractivity contribution is 5.70. The zero-order chi connectivity index (χ0) is 14.3. The van der Waals surface area contributed by atoms with Crippen molar-refractivity contribution in [2.24, 2.45) is 11.8 Å². The maximum Gasteiger partial charge on any atom is 0.307 e. The molecule has 19 heavy (non-hydrogen) atoms. The number of carboxylic acids is 1. The van der Waals surface area contributed by atoms with E-state index in [2.05, 4.69) is 15.3 Å². The van der Waals surface area contributed by atoms with Gasteiger partial charge in [0.15, 0.2) is 0 Å². The van der Waals surface area contributed by atoms with Crippen LogP contribution < -0.4 is 10.1 Å². The summed E-state index contributed by atoms with van der Waals surface area (Å²) in [6.45, 7) is 4.88. The molecule has 6 heteroatoms. The maximum atomic E-state index is 11.1. The molecule has 1 rings (SSSR count). The van der Waals surface area contributed by atoms with Gasteiger partial charge in [0.25, 0.3) is 0 Å². The van der Waals surface area contributed by atoms with Crippen LogP contribution in [0.15, 0.2) is 12.4 Å². The van der Waals surface area contributed by atoms with Crippen molar-refractivity contribution in [3.63, 3.8) is 0 Å². The summed E-state index contributed by atoms with van der Waals surface area (Å²) in [6, 6.07) is 0. The first kappa shape index (κ1) is 15.4. The first-order valence-corrected chi connectivity index (χ1v) is 6.32. The summed E-state index contributed by atoms with van der Waals surface area (Å²) < 4.78 is 5.08. The normalized spacial score (nSPS) is 12.4. The van der Waals surface area contributed by atoms with E-state index in [9.17, 15) is 4.79 Å². The molecule has 2 N–H and O–H groups in total. The van der Waals surface area contributed by atoms with Crippen molar-refractivity contribution < 1.29 is 14.6 Å². The number of methoxy groups -OCH3 is 1. The van der Waals surface area contributed by atoms with Gasteiger partial charge in [-0.1, -0.05) is 13.8 Å². The molecule has 0 saturated carbocycles. The van der Waals surface area contributed by atoms with E-state index >= 15 is 0 Å². The predicted molar refractivity (Wildman–Crippen MR) is 70.9 cm³/mol. The second-order valence-electron chi connectivity index (χ2n) is 4.81. The summed E-state index contributed by atoms with van der Waals surface area (Å²) in [6.07, 6.45) is 3.80. The lowest BCUT2D eigenvalue weighted by Gasteiger charge is -2.15. The summed E-state index contributed by atoms with van der Waals surface area (Å²) in [5, 5.41) is 12.2. The minimum atomic E-state index is -0.771. The fraction of sp³-hybridized carbons (Fsp3) is 0.615. The lowest BCUT2D eigenvalue weighted by molar-refractivity contribution is -0.142. The number of carboxylic acid groups (broad SMARTS) is 1. The van der Waals surface area contributed by atoms with Gasteiger partial charge >= 0.3 is 5.97 Å². The molecule has 0 aliphatic heterocycles. The largest absolute Gasteiger partial charge is 0.481 e. The fourth-order valence-corrected chi connectivity index (χ4v) is 1.85. The zero-order valence-corrected chi connectivity index (χ0v) is 11.6. The van der Waals surface area contributed by atoms with Crippen LogP contribution in [0.2, 0.25) is 0 Å². The number of hydrogen-bond acceptors (Lipinski definition) is 5. The molecule has 0 spiro atoms. The van der Waals surface area contributed by atoms with Crippen LogP contribution in [-0.2, 0) is 11.3 Å². The van der Waals surface area contributed by atoms with E-state index in [1.807, 2.05) is 13.8 Å². The molecule has 0 amide bonds. The molecule has 1 heterocycles. The summed E-state index contributed by atoms with van der Waals surface area (Å²) in [4.78, 5) is 19.3. The number of hydrogen-bond donors (Lipinski definition) is 2. The quantitative estimate of drug-likeness (QED) is 0.739. The van der Waals surface area contributed by atoms with Crippen LogP contribution in [0, 0.1) is 11.8 Å². The number of aliphatic carboxylic acids is 1. The van der Waals surface area contributed by atoms with Gasteiger partial charge in [-0.05, 0) is 12.3 Å². The average molecular weight is 267 g/mol. The highest BCUT2D eigenvalue weighted by Crippen LogP contribution is 2.13. The van der Waals surface area contributed by atoms with Gasteiger partial charge in [0, 0.05) is 25.5 Å². The van der Waals surface area contributed by atoms with E-state index in [-0.39, 0.29) is 5.92 Å². The van der Waals surface area contributed by atoms with Gasteiger partial charge in [0.2, 0.25) is 5.88 Å². The van der Waals surface area contributed by atoms with Crippen molar-refractivity contribution in [3.05, 3.63) is 18.1 Å². The first-order chi connectivity index (χ1) is 9.04. The Labute approximate surface area is 113 Å². The van der Waals surface area contributed by atoms with Crippen LogP contribution in [0.4, 0.5) is 0 Å². The van der Waals surface area contributed by atoms with Crippen LogP contribution in [0.25, 0.3) is 0 Å².